The Morgan fingerprint density at radius 2 is 0.507 bits per heavy atom. The van der Waals surface area contributed by atoms with E-state index in [4.69, 9.17) is 14.2 Å². The molecule has 408 valence electrons. The molecular weight excluding hydrogens is 877 g/mol. The molecule has 71 heavy (non-hydrogen) atoms. The van der Waals surface area contributed by atoms with Crippen molar-refractivity contribution in [2.75, 3.05) is 13.2 Å². The number of carbonyl (C=O) groups is 3. The molecule has 0 radical (unpaired) electrons. The van der Waals surface area contributed by atoms with Gasteiger partial charge in [-0.15, -0.1) is 0 Å². The lowest BCUT2D eigenvalue weighted by atomic mass is 10.1. The fraction of sp³-hybridized carbons (Fsp3) is 0.738. The highest BCUT2D eigenvalue weighted by atomic mass is 16.6. The minimum atomic E-state index is -0.798. The van der Waals surface area contributed by atoms with Crippen molar-refractivity contribution < 1.29 is 28.6 Å². The van der Waals surface area contributed by atoms with Gasteiger partial charge in [-0.2, -0.15) is 0 Å². The highest BCUT2D eigenvalue weighted by Gasteiger charge is 2.19. The maximum Gasteiger partial charge on any atom is 0.306 e. The molecule has 1 atom stereocenters. The summed E-state index contributed by atoms with van der Waals surface area (Å²) in [4.78, 5) is 38.2. The summed E-state index contributed by atoms with van der Waals surface area (Å²) < 4.78 is 16.9. The fourth-order valence-corrected chi connectivity index (χ4v) is 8.27. The predicted octanol–water partition coefficient (Wildman–Crippen LogP) is 20.3. The molecule has 0 heterocycles. The third-order valence-corrected chi connectivity index (χ3v) is 12.8. The molecule has 0 saturated heterocycles. The van der Waals surface area contributed by atoms with Crippen LogP contribution in [0, 0.1) is 0 Å². The summed E-state index contributed by atoms with van der Waals surface area (Å²) in [5.74, 6) is -0.924. The minimum Gasteiger partial charge on any atom is -0.462 e. The van der Waals surface area contributed by atoms with Gasteiger partial charge in [0.25, 0.3) is 0 Å². The number of carbonyl (C=O) groups excluding carboxylic acids is 3. The largest absolute Gasteiger partial charge is 0.462 e. The minimum absolute atomic E-state index is 0.0926. The Hall–Kier alpha value is -3.41. The number of hydrogen-bond donors (Lipinski definition) is 0. The van der Waals surface area contributed by atoms with Gasteiger partial charge in [-0.05, 0) is 122 Å². The molecule has 0 fully saturated rings. The zero-order valence-electron chi connectivity index (χ0n) is 46.7. The van der Waals surface area contributed by atoms with E-state index in [1.54, 1.807) is 0 Å². The molecule has 6 heteroatoms. The second-order valence-corrected chi connectivity index (χ2v) is 19.9. The highest BCUT2D eigenvalue weighted by molar-refractivity contribution is 5.71. The topological polar surface area (TPSA) is 78.9 Å². The van der Waals surface area contributed by atoms with E-state index in [1.165, 1.54) is 161 Å². The van der Waals surface area contributed by atoms with Crippen molar-refractivity contribution in [3.63, 3.8) is 0 Å². The van der Waals surface area contributed by atoms with Crippen LogP contribution >= 0.6 is 0 Å². The van der Waals surface area contributed by atoms with E-state index < -0.39 is 6.10 Å². The molecule has 6 nitrogen and oxygen atoms in total. The first-order valence-corrected chi connectivity index (χ1v) is 30.1. The first kappa shape index (κ1) is 67.6. The molecule has 0 amide bonds. The molecule has 0 saturated carbocycles. The normalized spacial score (nSPS) is 12.7. The first-order valence-electron chi connectivity index (χ1n) is 30.1. The van der Waals surface area contributed by atoms with Gasteiger partial charge in [-0.1, -0.05) is 234 Å². The van der Waals surface area contributed by atoms with Crippen molar-refractivity contribution in [2.24, 2.45) is 0 Å². The van der Waals surface area contributed by atoms with Crippen LogP contribution < -0.4 is 0 Å². The van der Waals surface area contributed by atoms with Gasteiger partial charge < -0.3 is 14.2 Å². The second kappa shape index (κ2) is 59.2. The average molecular weight is 990 g/mol. The highest BCUT2D eigenvalue weighted by Crippen LogP contribution is 2.15. The van der Waals surface area contributed by atoms with Crippen LogP contribution in [0.1, 0.15) is 290 Å². The van der Waals surface area contributed by atoms with E-state index in [-0.39, 0.29) is 37.5 Å². The summed E-state index contributed by atoms with van der Waals surface area (Å²) >= 11 is 0. The van der Waals surface area contributed by atoms with Gasteiger partial charge in [0.2, 0.25) is 0 Å². The van der Waals surface area contributed by atoms with E-state index in [2.05, 4.69) is 106 Å². The Morgan fingerprint density at radius 3 is 0.845 bits per heavy atom. The van der Waals surface area contributed by atoms with Gasteiger partial charge in [-0.25, -0.2) is 0 Å². The average Bonchev–Trinajstić information content (AvgIpc) is 3.37. The Bertz CT molecular complexity index is 1370. The molecule has 0 aromatic rings. The third-order valence-electron chi connectivity index (χ3n) is 12.8. The summed E-state index contributed by atoms with van der Waals surface area (Å²) in [6, 6.07) is 0. The van der Waals surface area contributed by atoms with Crippen molar-refractivity contribution >= 4 is 17.9 Å². The monoisotopic (exact) mass is 989 g/mol. The van der Waals surface area contributed by atoms with Crippen molar-refractivity contribution in [3.8, 4) is 0 Å². The number of ether oxygens (including phenoxy) is 3. The van der Waals surface area contributed by atoms with Crippen molar-refractivity contribution in [1.29, 1.82) is 0 Å². The van der Waals surface area contributed by atoms with Crippen LogP contribution in [0.4, 0.5) is 0 Å². The van der Waals surface area contributed by atoms with Gasteiger partial charge in [0.1, 0.15) is 13.2 Å². The molecule has 0 rings (SSSR count). The summed E-state index contributed by atoms with van der Waals surface area (Å²) in [7, 11) is 0. The standard InChI is InChI=1S/C65H112O6/c1-4-7-10-13-16-19-22-25-28-30-32-34-37-40-43-46-49-52-55-58-64(67)70-61-62(60-69-63(66)57-54-51-48-45-42-39-36-27-24-21-18-15-12-9-6-3)71-65(68)59-56-53-50-47-44-41-38-35-33-31-29-26-23-20-17-14-11-8-5-2/h16-17,19-21,24-26,28-29,33,35,41,44,62H,4-15,18,22-23,27,30-32,34,36-40,42-43,45-61H2,1-3H3/b19-16-,20-17-,24-21-,28-25-,29-26-,35-33-,44-41-/t62-/m0/s1. The van der Waals surface area contributed by atoms with Crippen LogP contribution in [0.25, 0.3) is 0 Å². The SMILES string of the molecule is CCCCC/C=C\C/C=C\C/C=C\C/C=C\CCCCCC(=O)O[C@@H](COC(=O)CCCCCCCCC/C=C\CCCCCC)COC(=O)CCCCCCCCCCC/C=C\C/C=C\CCCCC. The van der Waals surface area contributed by atoms with Crippen LogP contribution in [0.3, 0.4) is 0 Å². The predicted molar refractivity (Wildman–Crippen MR) is 307 cm³/mol. The van der Waals surface area contributed by atoms with E-state index in [9.17, 15) is 14.4 Å². The molecule has 0 unspecified atom stereocenters. The fourth-order valence-electron chi connectivity index (χ4n) is 8.27. The number of esters is 3. The molecule has 0 aliphatic rings. The molecule has 0 bridgehead atoms. The lowest BCUT2D eigenvalue weighted by Crippen LogP contribution is -2.30. The quantitative estimate of drug-likeness (QED) is 0.0261. The van der Waals surface area contributed by atoms with Gasteiger partial charge in [-0.3, -0.25) is 14.4 Å². The molecule has 0 aliphatic heterocycles. The number of unbranched alkanes of at least 4 members (excludes halogenated alkanes) is 29. The van der Waals surface area contributed by atoms with Gasteiger partial charge in [0.05, 0.1) is 0 Å². The summed E-state index contributed by atoms with van der Waals surface area (Å²) in [6.45, 7) is 6.56. The van der Waals surface area contributed by atoms with Crippen molar-refractivity contribution in [3.05, 3.63) is 85.1 Å². The Kier molecular flexibility index (Phi) is 56.3. The van der Waals surface area contributed by atoms with Gasteiger partial charge in [0.15, 0.2) is 6.10 Å². The van der Waals surface area contributed by atoms with Crippen molar-refractivity contribution in [1.82, 2.24) is 0 Å². The Morgan fingerprint density at radius 1 is 0.282 bits per heavy atom. The summed E-state index contributed by atoms with van der Waals surface area (Å²) in [5, 5.41) is 0. The van der Waals surface area contributed by atoms with Crippen LogP contribution in [-0.2, 0) is 28.6 Å². The van der Waals surface area contributed by atoms with Crippen LogP contribution in [0.2, 0.25) is 0 Å². The van der Waals surface area contributed by atoms with Crippen LogP contribution in [0.5, 0.6) is 0 Å². The smallest absolute Gasteiger partial charge is 0.306 e. The van der Waals surface area contributed by atoms with Crippen LogP contribution in [0.15, 0.2) is 85.1 Å². The summed E-state index contributed by atoms with van der Waals surface area (Å²) in [5.41, 5.74) is 0. The lowest BCUT2D eigenvalue weighted by Gasteiger charge is -2.18. The van der Waals surface area contributed by atoms with E-state index in [0.29, 0.717) is 12.8 Å². The number of hydrogen-bond acceptors (Lipinski definition) is 6. The molecule has 0 aromatic carbocycles. The lowest BCUT2D eigenvalue weighted by molar-refractivity contribution is -0.167. The first-order chi connectivity index (χ1) is 35.0. The third kappa shape index (κ3) is 57.4. The molecule has 0 spiro atoms. The molecular formula is C65H112O6. The maximum atomic E-state index is 12.9. The van der Waals surface area contributed by atoms with Gasteiger partial charge >= 0.3 is 17.9 Å². The summed E-state index contributed by atoms with van der Waals surface area (Å²) in [6.07, 6.45) is 77.1. The van der Waals surface area contributed by atoms with E-state index in [1.807, 2.05) is 0 Å². The zero-order valence-corrected chi connectivity index (χ0v) is 46.7. The number of rotatable bonds is 54. The van der Waals surface area contributed by atoms with E-state index in [0.717, 1.165) is 89.9 Å². The molecule has 0 aliphatic carbocycles. The maximum absolute atomic E-state index is 12.9. The van der Waals surface area contributed by atoms with E-state index >= 15 is 0 Å². The Labute approximate surface area is 439 Å². The zero-order chi connectivity index (χ0) is 51.4. The van der Waals surface area contributed by atoms with Crippen LogP contribution in [-0.4, -0.2) is 37.2 Å². The molecule has 0 N–H and O–H groups in total. The van der Waals surface area contributed by atoms with Crippen molar-refractivity contribution in [2.45, 2.75) is 297 Å². The molecule has 0 aromatic heterocycles. The Balaban J connectivity index is 4.45. The number of allylic oxidation sites excluding steroid dienone is 14. The second-order valence-electron chi connectivity index (χ2n) is 19.9. The van der Waals surface area contributed by atoms with Gasteiger partial charge in [0, 0.05) is 19.3 Å².